The van der Waals surface area contributed by atoms with E-state index < -0.39 is 11.7 Å². The van der Waals surface area contributed by atoms with E-state index in [0.29, 0.717) is 4.47 Å². The largest absolute Gasteiger partial charge is 0.331 e. The van der Waals surface area contributed by atoms with Crippen LogP contribution >= 0.6 is 15.9 Å². The minimum Gasteiger partial charge on any atom is -0.331 e. The van der Waals surface area contributed by atoms with Gasteiger partial charge in [0.05, 0.1) is 5.56 Å². The topological polar surface area (TPSA) is 57.8 Å². The van der Waals surface area contributed by atoms with Gasteiger partial charge in [0.2, 0.25) is 5.95 Å². The summed E-state index contributed by atoms with van der Waals surface area (Å²) in [4.78, 5) is 18.2. The van der Waals surface area contributed by atoms with Gasteiger partial charge in [0, 0.05) is 16.9 Å². The molecule has 0 bridgehead atoms. The number of hydrogen-bond donors (Lipinski definition) is 2. The fourth-order valence-corrected chi connectivity index (χ4v) is 1.74. The van der Waals surface area contributed by atoms with Gasteiger partial charge in [-0.15, -0.1) is 0 Å². The van der Waals surface area contributed by atoms with Crippen molar-refractivity contribution >= 4 is 27.8 Å². The Bertz CT molecular complexity index is 493. The van der Waals surface area contributed by atoms with Crippen molar-refractivity contribution in [2.75, 3.05) is 5.32 Å². The lowest BCUT2D eigenvalue weighted by Crippen LogP contribution is -2.15. The Morgan fingerprint density at radius 1 is 1.50 bits per heavy atom. The van der Waals surface area contributed by atoms with E-state index in [1.54, 1.807) is 12.3 Å². The van der Waals surface area contributed by atoms with E-state index in [2.05, 4.69) is 31.2 Å². The normalized spacial score (nSPS) is 10.1. The van der Waals surface area contributed by atoms with Crippen LogP contribution < -0.4 is 5.32 Å². The Morgan fingerprint density at radius 3 is 2.94 bits per heavy atom. The number of nitrogens with one attached hydrogen (secondary N) is 2. The van der Waals surface area contributed by atoms with Crippen LogP contribution in [0.5, 0.6) is 0 Å². The van der Waals surface area contributed by atoms with Crippen LogP contribution in [0.1, 0.15) is 10.4 Å². The minimum absolute atomic E-state index is 0.0427. The summed E-state index contributed by atoms with van der Waals surface area (Å²) < 4.78 is 13.8. The van der Waals surface area contributed by atoms with Gasteiger partial charge in [-0.3, -0.25) is 10.1 Å². The maximum Gasteiger partial charge on any atom is 0.262 e. The standard InChI is InChI=1S/C10H7BrFN3O/c11-6-2-1-3-7(12)8(6)9(16)15-10-13-4-5-14-10/h1-5H,(H2,13,14,15,16). The molecule has 0 spiro atoms. The molecule has 1 aromatic heterocycles. The van der Waals surface area contributed by atoms with Crippen LogP contribution in [-0.2, 0) is 0 Å². The average molecular weight is 284 g/mol. The van der Waals surface area contributed by atoms with E-state index in [0.717, 1.165) is 0 Å². The Labute approximate surface area is 99.0 Å². The van der Waals surface area contributed by atoms with E-state index in [1.165, 1.54) is 18.3 Å². The number of halogens is 2. The fourth-order valence-electron chi connectivity index (χ4n) is 1.22. The Balaban J connectivity index is 2.28. The summed E-state index contributed by atoms with van der Waals surface area (Å²) in [6, 6.07) is 4.34. The molecule has 1 amide bonds. The van der Waals surface area contributed by atoms with Crippen molar-refractivity contribution in [2.24, 2.45) is 0 Å². The molecule has 1 heterocycles. The minimum atomic E-state index is -0.585. The Hall–Kier alpha value is -1.69. The van der Waals surface area contributed by atoms with Gasteiger partial charge in [-0.05, 0) is 28.1 Å². The summed E-state index contributed by atoms with van der Waals surface area (Å²) in [6.07, 6.45) is 3.05. The zero-order valence-electron chi connectivity index (χ0n) is 8.00. The first-order valence-corrected chi connectivity index (χ1v) is 5.22. The Morgan fingerprint density at radius 2 is 2.31 bits per heavy atom. The molecule has 0 radical (unpaired) electrons. The first kappa shape index (κ1) is 10.8. The van der Waals surface area contributed by atoms with Crippen molar-refractivity contribution in [1.29, 1.82) is 0 Å². The molecule has 6 heteroatoms. The predicted octanol–water partition coefficient (Wildman–Crippen LogP) is 2.56. The van der Waals surface area contributed by atoms with Crippen LogP contribution in [0.3, 0.4) is 0 Å². The molecule has 2 aromatic rings. The molecule has 0 aliphatic carbocycles. The molecule has 0 aliphatic heterocycles. The van der Waals surface area contributed by atoms with Gasteiger partial charge in [0.1, 0.15) is 5.82 Å². The van der Waals surface area contributed by atoms with Crippen molar-refractivity contribution in [3.8, 4) is 0 Å². The third-order valence-electron chi connectivity index (χ3n) is 1.92. The molecule has 0 saturated heterocycles. The summed E-state index contributed by atoms with van der Waals surface area (Å²) in [5, 5.41) is 2.44. The number of hydrogen-bond acceptors (Lipinski definition) is 2. The fraction of sp³-hybridized carbons (Fsp3) is 0. The monoisotopic (exact) mass is 283 g/mol. The van der Waals surface area contributed by atoms with Gasteiger partial charge in [-0.1, -0.05) is 6.07 Å². The number of benzene rings is 1. The summed E-state index contributed by atoms with van der Waals surface area (Å²) in [7, 11) is 0. The number of H-pyrrole nitrogens is 1. The highest BCUT2D eigenvalue weighted by atomic mass is 79.9. The molecule has 1 aromatic carbocycles. The molecule has 16 heavy (non-hydrogen) atoms. The van der Waals surface area contributed by atoms with Gasteiger partial charge in [-0.25, -0.2) is 9.37 Å². The van der Waals surface area contributed by atoms with Gasteiger partial charge < -0.3 is 4.98 Å². The molecule has 4 nitrogen and oxygen atoms in total. The van der Waals surface area contributed by atoms with Crippen LogP contribution in [0.4, 0.5) is 10.3 Å². The second-order valence-electron chi connectivity index (χ2n) is 2.99. The number of amides is 1. The lowest BCUT2D eigenvalue weighted by Gasteiger charge is -2.05. The maximum atomic E-state index is 13.4. The average Bonchev–Trinajstić information content (AvgIpc) is 2.70. The van der Waals surface area contributed by atoms with E-state index in [4.69, 9.17) is 0 Å². The SMILES string of the molecule is O=C(Nc1ncc[nH]1)c1c(F)cccc1Br. The van der Waals surface area contributed by atoms with Gasteiger partial charge in [0.25, 0.3) is 5.91 Å². The number of aromatic amines is 1. The van der Waals surface area contributed by atoms with Crippen LogP contribution in [0.25, 0.3) is 0 Å². The number of anilines is 1. The van der Waals surface area contributed by atoms with E-state index in [9.17, 15) is 9.18 Å². The molecule has 0 unspecified atom stereocenters. The van der Waals surface area contributed by atoms with Gasteiger partial charge in [-0.2, -0.15) is 0 Å². The van der Waals surface area contributed by atoms with E-state index in [-0.39, 0.29) is 11.5 Å². The second kappa shape index (κ2) is 4.44. The lowest BCUT2D eigenvalue weighted by atomic mass is 10.2. The Kier molecular flexibility index (Phi) is 3.00. The van der Waals surface area contributed by atoms with E-state index in [1.807, 2.05) is 0 Å². The molecule has 2 rings (SSSR count). The highest BCUT2D eigenvalue weighted by molar-refractivity contribution is 9.10. The maximum absolute atomic E-state index is 13.4. The number of carbonyl (C=O) groups is 1. The molecule has 0 saturated carbocycles. The van der Waals surface area contributed by atoms with E-state index >= 15 is 0 Å². The third-order valence-corrected chi connectivity index (χ3v) is 2.58. The summed E-state index contributed by atoms with van der Waals surface area (Å²) in [6.45, 7) is 0. The summed E-state index contributed by atoms with van der Waals surface area (Å²) >= 11 is 3.12. The molecule has 0 fully saturated rings. The third kappa shape index (κ3) is 2.11. The number of carbonyl (C=O) groups excluding carboxylic acids is 1. The van der Waals surface area contributed by atoms with Crippen molar-refractivity contribution in [3.05, 3.63) is 46.4 Å². The quantitative estimate of drug-likeness (QED) is 0.890. The van der Waals surface area contributed by atoms with Crippen molar-refractivity contribution in [1.82, 2.24) is 9.97 Å². The van der Waals surface area contributed by atoms with Crippen LogP contribution in [0, 0.1) is 5.82 Å². The van der Waals surface area contributed by atoms with Crippen LogP contribution in [-0.4, -0.2) is 15.9 Å². The van der Waals surface area contributed by atoms with Crippen molar-refractivity contribution < 1.29 is 9.18 Å². The smallest absolute Gasteiger partial charge is 0.262 e. The summed E-state index contributed by atoms with van der Waals surface area (Å²) in [5.41, 5.74) is -0.0427. The molecule has 2 N–H and O–H groups in total. The number of aromatic nitrogens is 2. The number of imidazole rings is 1. The highest BCUT2D eigenvalue weighted by Crippen LogP contribution is 2.20. The van der Waals surface area contributed by atoms with Gasteiger partial charge in [0.15, 0.2) is 0 Å². The molecular weight excluding hydrogens is 277 g/mol. The zero-order valence-corrected chi connectivity index (χ0v) is 9.58. The summed E-state index contributed by atoms with van der Waals surface area (Å²) in [5.74, 6) is -0.862. The molecule has 0 atom stereocenters. The lowest BCUT2D eigenvalue weighted by molar-refractivity contribution is 0.102. The van der Waals surface area contributed by atoms with Crippen LogP contribution in [0.15, 0.2) is 35.1 Å². The molecule has 0 aliphatic rings. The highest BCUT2D eigenvalue weighted by Gasteiger charge is 2.15. The number of rotatable bonds is 2. The second-order valence-corrected chi connectivity index (χ2v) is 3.84. The molecule has 82 valence electrons. The number of nitrogens with zero attached hydrogens (tertiary/aromatic N) is 1. The zero-order chi connectivity index (χ0) is 11.5. The first-order valence-electron chi connectivity index (χ1n) is 4.43. The van der Waals surface area contributed by atoms with Crippen molar-refractivity contribution in [3.63, 3.8) is 0 Å². The predicted molar refractivity (Wildman–Crippen MR) is 60.6 cm³/mol. The van der Waals surface area contributed by atoms with Crippen LogP contribution in [0.2, 0.25) is 0 Å². The van der Waals surface area contributed by atoms with Gasteiger partial charge >= 0.3 is 0 Å². The van der Waals surface area contributed by atoms with Crippen molar-refractivity contribution in [2.45, 2.75) is 0 Å². The first-order chi connectivity index (χ1) is 7.68. The molecular formula is C10H7BrFN3O.